The van der Waals surface area contributed by atoms with Crippen molar-refractivity contribution in [1.82, 2.24) is 10.4 Å². The highest BCUT2D eigenvalue weighted by molar-refractivity contribution is 7.22. The molecular weight excluding hydrogens is 388 g/mol. The number of carbonyl (C=O) groups excluding carboxylic acids is 1. The minimum atomic E-state index is -0.480. The summed E-state index contributed by atoms with van der Waals surface area (Å²) < 4.78 is 12.1. The molecule has 0 bridgehead atoms. The number of benzene rings is 2. The third-order valence-electron chi connectivity index (χ3n) is 4.06. The summed E-state index contributed by atoms with van der Waals surface area (Å²) in [6, 6.07) is 12.9. The van der Waals surface area contributed by atoms with Gasteiger partial charge >= 0.3 is 0 Å². The Morgan fingerprint density at radius 3 is 2.86 bits per heavy atom. The molecule has 3 aromatic rings. The van der Waals surface area contributed by atoms with E-state index in [9.17, 15) is 4.79 Å². The summed E-state index contributed by atoms with van der Waals surface area (Å²) >= 11 is 1.51. The number of amides is 1. The van der Waals surface area contributed by atoms with Gasteiger partial charge < -0.3 is 14.8 Å². The van der Waals surface area contributed by atoms with Crippen molar-refractivity contribution in [2.75, 3.05) is 19.0 Å². The molecule has 2 aromatic carbocycles. The molecule has 0 unspecified atom stereocenters. The molecule has 0 radical (unpaired) electrons. The van der Waals surface area contributed by atoms with E-state index in [4.69, 9.17) is 9.47 Å². The number of aromatic nitrogens is 1. The monoisotopic (exact) mass is 412 g/mol. The van der Waals surface area contributed by atoms with Crippen LogP contribution in [0.15, 0.2) is 47.6 Å². The first-order valence-corrected chi connectivity index (χ1v) is 10.2. The van der Waals surface area contributed by atoms with E-state index in [0.29, 0.717) is 23.2 Å². The van der Waals surface area contributed by atoms with E-state index in [1.807, 2.05) is 49.4 Å². The number of nitrogens with one attached hydrogen (secondary N) is 2. The Morgan fingerprint density at radius 1 is 1.28 bits per heavy atom. The minimum absolute atomic E-state index is 0.254. The summed E-state index contributed by atoms with van der Waals surface area (Å²) in [5, 5.41) is 7.85. The fourth-order valence-corrected chi connectivity index (χ4v) is 3.50. The number of fused-ring (bicyclic) bond motifs is 1. The van der Waals surface area contributed by atoms with Crippen molar-refractivity contribution in [2.45, 2.75) is 26.3 Å². The molecule has 8 heteroatoms. The molecule has 0 aliphatic carbocycles. The Hall–Kier alpha value is -3.13. The van der Waals surface area contributed by atoms with Gasteiger partial charge in [0.05, 0.1) is 30.1 Å². The van der Waals surface area contributed by atoms with Gasteiger partial charge in [0.2, 0.25) is 0 Å². The lowest BCUT2D eigenvalue weighted by Gasteiger charge is -2.11. The van der Waals surface area contributed by atoms with E-state index in [0.717, 1.165) is 22.2 Å². The zero-order chi connectivity index (χ0) is 20.6. The van der Waals surface area contributed by atoms with Gasteiger partial charge in [-0.05, 0) is 49.2 Å². The zero-order valence-electron chi connectivity index (χ0n) is 16.6. The van der Waals surface area contributed by atoms with Gasteiger partial charge in [0.15, 0.2) is 16.6 Å². The number of nitrogens with zero attached hydrogens (tertiary/aromatic N) is 2. The third kappa shape index (κ3) is 5.45. The van der Waals surface area contributed by atoms with Crippen molar-refractivity contribution in [1.29, 1.82) is 0 Å². The standard InChI is InChI=1S/C21H24N4O3S/c1-4-11-28-17-10-9-15(12-18(17)27-3)13-22-25-20(26)14(2)23-21-24-16-7-5-6-8-19(16)29-21/h5-10,12-14H,4,11H2,1-3H3,(H,23,24)(H,25,26)/b22-13-/t14-/m0/s1. The molecule has 0 saturated carbocycles. The van der Waals surface area contributed by atoms with Crippen LogP contribution >= 0.6 is 11.3 Å². The molecule has 1 atom stereocenters. The first kappa shape index (κ1) is 20.6. The number of thiazole rings is 1. The number of anilines is 1. The van der Waals surface area contributed by atoms with Crippen molar-refractivity contribution in [2.24, 2.45) is 5.10 Å². The molecule has 0 aliphatic rings. The Morgan fingerprint density at radius 2 is 2.10 bits per heavy atom. The number of hydrogen-bond acceptors (Lipinski definition) is 7. The van der Waals surface area contributed by atoms with Crippen LogP contribution in [0.2, 0.25) is 0 Å². The topological polar surface area (TPSA) is 84.8 Å². The van der Waals surface area contributed by atoms with Gasteiger partial charge in [0, 0.05) is 0 Å². The van der Waals surface area contributed by atoms with E-state index < -0.39 is 6.04 Å². The van der Waals surface area contributed by atoms with Gasteiger partial charge in [-0.1, -0.05) is 30.4 Å². The summed E-state index contributed by atoms with van der Waals surface area (Å²) in [5.74, 6) is 1.05. The second-order valence-electron chi connectivity index (χ2n) is 6.35. The summed E-state index contributed by atoms with van der Waals surface area (Å²) in [6.45, 7) is 4.43. The Kier molecular flexibility index (Phi) is 7.02. The SMILES string of the molecule is CCCOc1ccc(/C=N\NC(=O)[C@H](C)Nc2nc3ccccc3s2)cc1OC. The average molecular weight is 413 g/mol. The molecule has 7 nitrogen and oxygen atoms in total. The largest absolute Gasteiger partial charge is 0.493 e. The van der Waals surface area contributed by atoms with Crippen molar-refractivity contribution in [3.63, 3.8) is 0 Å². The first-order valence-electron chi connectivity index (χ1n) is 9.36. The van der Waals surface area contributed by atoms with Crippen LogP contribution in [0.3, 0.4) is 0 Å². The Balaban J connectivity index is 1.56. The van der Waals surface area contributed by atoms with Crippen LogP contribution in [0.25, 0.3) is 10.2 Å². The lowest BCUT2D eigenvalue weighted by atomic mass is 10.2. The predicted octanol–water partition coefficient (Wildman–Crippen LogP) is 4.04. The maximum Gasteiger partial charge on any atom is 0.262 e. The van der Waals surface area contributed by atoms with Crippen molar-refractivity contribution < 1.29 is 14.3 Å². The molecule has 152 valence electrons. The van der Waals surface area contributed by atoms with E-state index in [1.165, 1.54) is 11.3 Å². The number of para-hydroxylation sites is 1. The lowest BCUT2D eigenvalue weighted by molar-refractivity contribution is -0.121. The average Bonchev–Trinajstić information content (AvgIpc) is 3.14. The van der Waals surface area contributed by atoms with Crippen LogP contribution in [0.4, 0.5) is 5.13 Å². The van der Waals surface area contributed by atoms with Gasteiger partial charge in [-0.2, -0.15) is 5.10 Å². The molecule has 0 saturated heterocycles. The summed E-state index contributed by atoms with van der Waals surface area (Å²) in [4.78, 5) is 16.8. The molecule has 1 amide bonds. The number of hydrogen-bond donors (Lipinski definition) is 2. The van der Waals surface area contributed by atoms with E-state index >= 15 is 0 Å². The van der Waals surface area contributed by atoms with Crippen LogP contribution in [0.1, 0.15) is 25.8 Å². The summed E-state index contributed by atoms with van der Waals surface area (Å²) in [7, 11) is 1.59. The fraction of sp³-hybridized carbons (Fsp3) is 0.286. The molecule has 0 spiro atoms. The van der Waals surface area contributed by atoms with Gasteiger partial charge in [0.1, 0.15) is 6.04 Å². The Labute approximate surface area is 173 Å². The molecule has 3 rings (SSSR count). The minimum Gasteiger partial charge on any atom is -0.493 e. The second kappa shape index (κ2) is 9.88. The van der Waals surface area contributed by atoms with Crippen LogP contribution in [-0.2, 0) is 4.79 Å². The summed E-state index contributed by atoms with van der Waals surface area (Å²) in [5.41, 5.74) is 4.24. The van der Waals surface area contributed by atoms with E-state index in [2.05, 4.69) is 20.8 Å². The van der Waals surface area contributed by atoms with Crippen molar-refractivity contribution in [3.05, 3.63) is 48.0 Å². The number of ether oxygens (including phenoxy) is 2. The van der Waals surface area contributed by atoms with Crippen LogP contribution in [0.5, 0.6) is 11.5 Å². The van der Waals surface area contributed by atoms with Crippen LogP contribution in [0, 0.1) is 0 Å². The molecule has 1 heterocycles. The highest BCUT2D eigenvalue weighted by atomic mass is 32.1. The maximum atomic E-state index is 12.3. The highest BCUT2D eigenvalue weighted by Crippen LogP contribution is 2.28. The van der Waals surface area contributed by atoms with Gasteiger partial charge in [-0.25, -0.2) is 10.4 Å². The predicted molar refractivity (Wildman–Crippen MR) is 117 cm³/mol. The third-order valence-corrected chi connectivity index (χ3v) is 5.03. The van der Waals surface area contributed by atoms with Crippen LogP contribution < -0.4 is 20.2 Å². The van der Waals surface area contributed by atoms with Crippen molar-refractivity contribution >= 4 is 38.8 Å². The molecule has 0 aliphatic heterocycles. The number of hydrazone groups is 1. The molecule has 29 heavy (non-hydrogen) atoms. The van der Waals surface area contributed by atoms with Gasteiger partial charge in [-0.3, -0.25) is 4.79 Å². The van der Waals surface area contributed by atoms with Crippen molar-refractivity contribution in [3.8, 4) is 11.5 Å². The smallest absolute Gasteiger partial charge is 0.262 e. The van der Waals surface area contributed by atoms with E-state index in [-0.39, 0.29) is 5.91 Å². The highest BCUT2D eigenvalue weighted by Gasteiger charge is 2.14. The Bertz CT molecular complexity index is 970. The second-order valence-corrected chi connectivity index (χ2v) is 7.38. The number of methoxy groups -OCH3 is 1. The van der Waals surface area contributed by atoms with Crippen LogP contribution in [-0.4, -0.2) is 36.9 Å². The van der Waals surface area contributed by atoms with Gasteiger partial charge in [-0.15, -0.1) is 0 Å². The molecule has 2 N–H and O–H groups in total. The molecule has 0 fully saturated rings. The number of rotatable bonds is 9. The maximum absolute atomic E-state index is 12.3. The molecule has 1 aromatic heterocycles. The first-order chi connectivity index (χ1) is 14.1. The van der Waals surface area contributed by atoms with Gasteiger partial charge in [0.25, 0.3) is 5.91 Å². The zero-order valence-corrected chi connectivity index (χ0v) is 17.5. The number of carbonyl (C=O) groups is 1. The normalized spacial score (nSPS) is 12.1. The molecular formula is C21H24N4O3S. The quantitative estimate of drug-likeness (QED) is 0.409. The summed E-state index contributed by atoms with van der Waals surface area (Å²) in [6.07, 6.45) is 2.48. The van der Waals surface area contributed by atoms with E-state index in [1.54, 1.807) is 20.2 Å². The lowest BCUT2D eigenvalue weighted by Crippen LogP contribution is -2.34. The fourth-order valence-electron chi connectivity index (χ4n) is 2.55.